The van der Waals surface area contributed by atoms with E-state index in [9.17, 15) is 42.1 Å². The minimum atomic E-state index is -5.19. The highest BCUT2D eigenvalue weighted by Gasteiger charge is 2.41. The van der Waals surface area contributed by atoms with Crippen LogP contribution in [-0.2, 0) is 12.4 Å². The first kappa shape index (κ1) is 32.2. The lowest BCUT2D eigenvalue weighted by molar-refractivity contribution is -0.142. The summed E-state index contributed by atoms with van der Waals surface area (Å²) in [5, 5.41) is 33.2. The first-order chi connectivity index (χ1) is 24.9. The highest BCUT2D eigenvalue weighted by atomic mass is 19.4. The van der Waals surface area contributed by atoms with Crippen molar-refractivity contribution in [2.45, 2.75) is 12.4 Å². The van der Waals surface area contributed by atoms with Crippen molar-refractivity contribution >= 4 is 43.6 Å². The number of aromatic nitrogens is 2. The molecule has 0 saturated heterocycles. The van der Waals surface area contributed by atoms with Gasteiger partial charge in [-0.2, -0.15) is 42.1 Å². The molecule has 0 aliphatic heterocycles. The molecule has 2 heterocycles. The fourth-order valence-electron chi connectivity index (χ4n) is 7.16. The van der Waals surface area contributed by atoms with Crippen molar-refractivity contribution in [3.05, 3.63) is 143 Å². The summed E-state index contributed by atoms with van der Waals surface area (Å²) in [6.45, 7) is 0. The molecular formula is C41H19F6N5. The maximum absolute atomic E-state index is 14.7. The van der Waals surface area contributed by atoms with E-state index in [2.05, 4.69) is 18.2 Å². The fraction of sp³-hybridized carbons (Fsp3) is 0.0488. The second kappa shape index (κ2) is 11.5. The number of para-hydroxylation sites is 2. The number of nitrogens with zero attached hydrogens (tertiary/aromatic N) is 5. The normalized spacial score (nSPS) is 12.0. The van der Waals surface area contributed by atoms with Crippen LogP contribution < -0.4 is 0 Å². The van der Waals surface area contributed by atoms with E-state index in [4.69, 9.17) is 0 Å². The van der Waals surface area contributed by atoms with Crippen LogP contribution in [0.15, 0.2) is 115 Å². The predicted octanol–water partition coefficient (Wildman–Crippen LogP) is 11.2. The Morgan fingerprint density at radius 2 is 0.865 bits per heavy atom. The van der Waals surface area contributed by atoms with Gasteiger partial charge in [-0.15, -0.1) is 0 Å². The second-order valence-electron chi connectivity index (χ2n) is 12.1. The summed E-state index contributed by atoms with van der Waals surface area (Å²) in [6.07, 6.45) is -10.4. The molecule has 0 fully saturated rings. The highest BCUT2D eigenvalue weighted by Crippen LogP contribution is 2.47. The Bertz CT molecular complexity index is 2740. The van der Waals surface area contributed by atoms with Crippen LogP contribution in [0, 0.1) is 34.0 Å². The number of halogens is 6. The number of hydrogen-bond donors (Lipinski definition) is 0. The maximum atomic E-state index is 14.7. The van der Waals surface area contributed by atoms with Gasteiger partial charge in [-0.05, 0) is 66.2 Å². The molecule has 6 aromatic carbocycles. The number of nitriles is 3. The van der Waals surface area contributed by atoms with Gasteiger partial charge in [-0.25, -0.2) is 0 Å². The zero-order chi connectivity index (χ0) is 36.5. The van der Waals surface area contributed by atoms with Gasteiger partial charge in [0.1, 0.15) is 11.6 Å². The highest BCUT2D eigenvalue weighted by molar-refractivity contribution is 6.11. The quantitative estimate of drug-likeness (QED) is 0.173. The minimum absolute atomic E-state index is 0.0104. The van der Waals surface area contributed by atoms with Gasteiger partial charge < -0.3 is 9.13 Å². The lowest BCUT2D eigenvalue weighted by Crippen LogP contribution is -2.15. The first-order valence-electron chi connectivity index (χ1n) is 15.7. The summed E-state index contributed by atoms with van der Waals surface area (Å²) in [4.78, 5) is 0. The van der Waals surface area contributed by atoms with Gasteiger partial charge in [0.2, 0.25) is 0 Å². The van der Waals surface area contributed by atoms with Crippen LogP contribution in [0.4, 0.5) is 26.3 Å². The average Bonchev–Trinajstić information content (AvgIpc) is 3.65. The molecule has 0 atom stereocenters. The van der Waals surface area contributed by atoms with Gasteiger partial charge >= 0.3 is 12.4 Å². The number of benzene rings is 6. The van der Waals surface area contributed by atoms with Crippen LogP contribution in [0.25, 0.3) is 66.1 Å². The Hall–Kier alpha value is -7.03. The Labute approximate surface area is 290 Å². The van der Waals surface area contributed by atoms with Crippen molar-refractivity contribution in [2.24, 2.45) is 0 Å². The van der Waals surface area contributed by atoms with Gasteiger partial charge in [-0.3, -0.25) is 0 Å². The summed E-state index contributed by atoms with van der Waals surface area (Å²) in [6, 6.07) is 34.4. The molecule has 0 N–H and O–H groups in total. The van der Waals surface area contributed by atoms with Crippen molar-refractivity contribution in [2.75, 3.05) is 0 Å². The molecule has 0 bridgehead atoms. The third-order valence-electron chi connectivity index (χ3n) is 9.26. The number of alkyl halides is 6. The molecule has 0 unspecified atom stereocenters. The molecule has 0 aliphatic carbocycles. The van der Waals surface area contributed by atoms with E-state index < -0.39 is 34.6 Å². The predicted molar refractivity (Wildman–Crippen MR) is 185 cm³/mol. The lowest BCUT2D eigenvalue weighted by Gasteiger charge is -2.22. The lowest BCUT2D eigenvalue weighted by atomic mass is 9.91. The van der Waals surface area contributed by atoms with E-state index in [0.29, 0.717) is 61.8 Å². The van der Waals surface area contributed by atoms with Crippen LogP contribution in [-0.4, -0.2) is 9.13 Å². The molecule has 11 heteroatoms. The summed E-state index contributed by atoms with van der Waals surface area (Å²) >= 11 is 0. The average molecular weight is 696 g/mol. The van der Waals surface area contributed by atoms with E-state index in [1.165, 1.54) is 12.1 Å². The van der Waals surface area contributed by atoms with Crippen LogP contribution in [0.5, 0.6) is 0 Å². The third-order valence-corrected chi connectivity index (χ3v) is 9.26. The Balaban J connectivity index is 1.63. The molecule has 0 aliphatic rings. The van der Waals surface area contributed by atoms with Crippen molar-refractivity contribution < 1.29 is 26.3 Å². The van der Waals surface area contributed by atoms with E-state index in [1.54, 1.807) is 94.1 Å². The molecule has 8 rings (SSSR count). The maximum Gasteiger partial charge on any atom is 0.417 e. The standard InChI is InChI=1S/C41H19F6N5/c42-40(43,44)31-8-5-9-32(41(45,46)47)39(31)25-18-37(51-33-10-3-1-6-26(33)28-14-12-23(20-48)16-35(28)51)30(22-50)38(19-25)52-34-11-4-2-7-27(34)29-15-13-24(21-49)17-36(29)52/h1-19H. The first-order valence-corrected chi connectivity index (χ1v) is 15.7. The van der Waals surface area contributed by atoms with Gasteiger partial charge in [0.05, 0.1) is 67.8 Å². The minimum Gasteiger partial charge on any atom is -0.308 e. The monoisotopic (exact) mass is 695 g/mol. The second-order valence-corrected chi connectivity index (χ2v) is 12.1. The Kier molecular flexibility index (Phi) is 7.13. The Morgan fingerprint density at radius 1 is 0.442 bits per heavy atom. The molecule has 5 nitrogen and oxygen atoms in total. The van der Waals surface area contributed by atoms with Crippen molar-refractivity contribution in [1.29, 1.82) is 15.8 Å². The zero-order valence-corrected chi connectivity index (χ0v) is 26.5. The van der Waals surface area contributed by atoms with E-state index in [-0.39, 0.29) is 28.1 Å². The summed E-state index contributed by atoms with van der Waals surface area (Å²) in [5.74, 6) is 0. The van der Waals surface area contributed by atoms with Crippen LogP contribution >= 0.6 is 0 Å². The molecular weight excluding hydrogens is 676 g/mol. The van der Waals surface area contributed by atoms with E-state index in [0.717, 1.165) is 0 Å². The van der Waals surface area contributed by atoms with Crippen LogP contribution in [0.3, 0.4) is 0 Å². The molecule has 52 heavy (non-hydrogen) atoms. The van der Waals surface area contributed by atoms with Crippen LogP contribution in [0.1, 0.15) is 27.8 Å². The number of fused-ring (bicyclic) bond motifs is 6. The molecule has 2 aromatic heterocycles. The Morgan fingerprint density at radius 3 is 1.27 bits per heavy atom. The zero-order valence-electron chi connectivity index (χ0n) is 26.5. The molecule has 0 radical (unpaired) electrons. The largest absolute Gasteiger partial charge is 0.417 e. The molecule has 0 saturated carbocycles. The summed E-state index contributed by atoms with van der Waals surface area (Å²) in [7, 11) is 0. The fourth-order valence-corrected chi connectivity index (χ4v) is 7.16. The molecule has 0 spiro atoms. The van der Waals surface area contributed by atoms with Crippen LogP contribution in [0.2, 0.25) is 0 Å². The molecule has 8 aromatic rings. The summed E-state index contributed by atoms with van der Waals surface area (Å²) in [5.41, 5.74) is -2.34. The number of rotatable bonds is 3. The topological polar surface area (TPSA) is 81.2 Å². The summed E-state index contributed by atoms with van der Waals surface area (Å²) < 4.78 is 91.4. The van der Waals surface area contributed by atoms with Gasteiger partial charge in [0.25, 0.3) is 0 Å². The van der Waals surface area contributed by atoms with Gasteiger partial charge in [0.15, 0.2) is 0 Å². The van der Waals surface area contributed by atoms with Gasteiger partial charge in [0, 0.05) is 27.1 Å². The van der Waals surface area contributed by atoms with Gasteiger partial charge in [-0.1, -0.05) is 54.6 Å². The number of hydrogen-bond acceptors (Lipinski definition) is 3. The smallest absolute Gasteiger partial charge is 0.308 e. The van der Waals surface area contributed by atoms with Crippen molar-refractivity contribution in [3.8, 4) is 40.7 Å². The molecule has 0 amide bonds. The third kappa shape index (κ3) is 4.85. The van der Waals surface area contributed by atoms with E-state index in [1.807, 2.05) is 0 Å². The van der Waals surface area contributed by atoms with E-state index >= 15 is 0 Å². The SMILES string of the molecule is N#Cc1ccc2c3ccccc3n(-c3cc(-c4c(C(F)(F)F)cccc4C(F)(F)F)cc(-n4c5ccccc5c5ccc(C#N)cc54)c3C#N)c2c1. The molecule has 250 valence electrons. The van der Waals surface area contributed by atoms with Crippen molar-refractivity contribution in [1.82, 2.24) is 9.13 Å². The van der Waals surface area contributed by atoms with Crippen molar-refractivity contribution in [3.63, 3.8) is 0 Å².